The number of hydrogen-bond acceptors (Lipinski definition) is 4. The van der Waals surface area contributed by atoms with Crippen LogP contribution < -0.4 is 15.0 Å². The number of nitrogens with one attached hydrogen (secondary N) is 1. The fourth-order valence-electron chi connectivity index (χ4n) is 5.36. The lowest BCUT2D eigenvalue weighted by Gasteiger charge is -2.37. The van der Waals surface area contributed by atoms with E-state index in [0.29, 0.717) is 5.75 Å². The van der Waals surface area contributed by atoms with E-state index in [1.807, 2.05) is 6.07 Å². The maximum absolute atomic E-state index is 11.8. The van der Waals surface area contributed by atoms with Crippen LogP contribution in [0.15, 0.2) is 78.9 Å². The Morgan fingerprint density at radius 1 is 1.00 bits per heavy atom. The third-order valence-corrected chi connectivity index (χ3v) is 6.86. The topological polar surface area (TPSA) is 44.8 Å². The summed E-state index contributed by atoms with van der Waals surface area (Å²) in [5.74, 6) is 0.589. The molecule has 2 atom stereocenters. The highest BCUT2D eigenvalue weighted by Gasteiger charge is 2.54. The Balaban J connectivity index is 1.53. The van der Waals surface area contributed by atoms with Crippen LogP contribution in [-0.4, -0.2) is 30.8 Å². The molecule has 2 heterocycles. The molecular formula is C27H29N3O2. The summed E-state index contributed by atoms with van der Waals surface area (Å²) in [4.78, 5) is 16.9. The number of amides is 1. The van der Waals surface area contributed by atoms with Gasteiger partial charge in [0.05, 0.1) is 6.17 Å². The number of fused-ring (bicyclic) bond motifs is 3. The van der Waals surface area contributed by atoms with Crippen molar-refractivity contribution in [3.05, 3.63) is 95.6 Å². The molecule has 164 valence electrons. The van der Waals surface area contributed by atoms with Crippen molar-refractivity contribution in [3.63, 3.8) is 0 Å². The Morgan fingerprint density at radius 3 is 2.31 bits per heavy atom. The second-order valence-electron chi connectivity index (χ2n) is 8.93. The maximum atomic E-state index is 11.8. The van der Waals surface area contributed by atoms with Gasteiger partial charge in [0.1, 0.15) is 5.75 Å². The summed E-state index contributed by atoms with van der Waals surface area (Å²) in [6, 6.07) is 27.4. The summed E-state index contributed by atoms with van der Waals surface area (Å²) >= 11 is 0. The van der Waals surface area contributed by atoms with Gasteiger partial charge in [-0.05, 0) is 41.3 Å². The third kappa shape index (κ3) is 3.63. The summed E-state index contributed by atoms with van der Waals surface area (Å²) in [6.07, 6.45) is 0.864. The first-order valence-electron chi connectivity index (χ1n) is 11.2. The van der Waals surface area contributed by atoms with Gasteiger partial charge in [-0.15, -0.1) is 0 Å². The zero-order chi connectivity index (χ0) is 22.1. The van der Waals surface area contributed by atoms with Gasteiger partial charge in [0.25, 0.3) is 0 Å². The van der Waals surface area contributed by atoms with Crippen LogP contribution in [0, 0.1) is 0 Å². The molecule has 3 aromatic rings. The van der Waals surface area contributed by atoms with Crippen LogP contribution in [0.5, 0.6) is 5.75 Å². The Labute approximate surface area is 189 Å². The summed E-state index contributed by atoms with van der Waals surface area (Å²) in [5.41, 5.74) is 5.07. The first-order chi connectivity index (χ1) is 15.6. The first-order valence-corrected chi connectivity index (χ1v) is 11.2. The van der Waals surface area contributed by atoms with E-state index in [4.69, 9.17) is 4.74 Å². The van der Waals surface area contributed by atoms with Crippen LogP contribution in [0.3, 0.4) is 0 Å². The maximum Gasteiger partial charge on any atom is 0.412 e. The van der Waals surface area contributed by atoms with E-state index >= 15 is 0 Å². The van der Waals surface area contributed by atoms with Crippen molar-refractivity contribution in [2.45, 2.75) is 38.0 Å². The lowest BCUT2D eigenvalue weighted by atomic mass is 9.81. The molecule has 5 rings (SSSR count). The number of nitrogens with zero attached hydrogens (tertiary/aromatic N) is 2. The van der Waals surface area contributed by atoms with Gasteiger partial charge >= 0.3 is 6.09 Å². The molecule has 0 unspecified atom stereocenters. The average molecular weight is 428 g/mol. The predicted molar refractivity (Wildman–Crippen MR) is 127 cm³/mol. The van der Waals surface area contributed by atoms with E-state index < -0.39 is 6.09 Å². The molecule has 0 aliphatic carbocycles. The van der Waals surface area contributed by atoms with Gasteiger partial charge < -0.3 is 15.0 Å². The average Bonchev–Trinajstić information content (AvgIpc) is 3.26. The fraction of sp³-hybridized carbons (Fsp3) is 0.296. The van der Waals surface area contributed by atoms with E-state index in [9.17, 15) is 4.79 Å². The number of carbonyl (C=O) groups excluding carboxylic acids is 1. The number of hydrogen-bond donors (Lipinski definition) is 1. The van der Waals surface area contributed by atoms with Gasteiger partial charge in [0.15, 0.2) is 0 Å². The van der Waals surface area contributed by atoms with Gasteiger partial charge in [-0.25, -0.2) is 4.79 Å². The second-order valence-corrected chi connectivity index (χ2v) is 8.93. The quantitative estimate of drug-likeness (QED) is 0.628. The number of likely N-dealkylation sites (tertiary alicyclic amines) is 1. The second kappa shape index (κ2) is 8.32. The predicted octanol–water partition coefficient (Wildman–Crippen LogP) is 4.91. The summed E-state index contributed by atoms with van der Waals surface area (Å²) in [7, 11) is 1.58. The van der Waals surface area contributed by atoms with E-state index in [1.54, 1.807) is 7.05 Å². The molecule has 2 aliphatic heterocycles. The standard InChI is InChI=1S/C27H29N3O2/c1-27-15-16-29(18-20-9-5-3-6-10-20)25(27)30(19-21-11-7-4-8-12-21)24-14-13-22(17-23(24)27)32-26(31)28-2/h3-14,17,25H,15-16,18-19H2,1-2H3,(H,28,31)/t25-,27+/m1/s1. The summed E-state index contributed by atoms with van der Waals surface area (Å²) < 4.78 is 5.48. The molecule has 2 aliphatic rings. The monoisotopic (exact) mass is 427 g/mol. The van der Waals surface area contributed by atoms with Crippen LogP contribution in [0.4, 0.5) is 10.5 Å². The highest BCUT2D eigenvalue weighted by Crippen LogP contribution is 2.53. The Morgan fingerprint density at radius 2 is 1.66 bits per heavy atom. The third-order valence-electron chi connectivity index (χ3n) is 6.86. The molecule has 5 nitrogen and oxygen atoms in total. The van der Waals surface area contributed by atoms with Crippen molar-refractivity contribution in [3.8, 4) is 5.75 Å². The van der Waals surface area contributed by atoms with E-state index in [-0.39, 0.29) is 11.6 Å². The molecule has 3 aromatic carbocycles. The molecular weight excluding hydrogens is 398 g/mol. The molecule has 32 heavy (non-hydrogen) atoms. The number of rotatable bonds is 5. The van der Waals surface area contributed by atoms with Gasteiger partial charge in [0.2, 0.25) is 0 Å². The van der Waals surface area contributed by atoms with Gasteiger partial charge in [-0.1, -0.05) is 67.6 Å². The van der Waals surface area contributed by atoms with Gasteiger partial charge in [-0.2, -0.15) is 0 Å². The van der Waals surface area contributed by atoms with Crippen LogP contribution >= 0.6 is 0 Å². The summed E-state index contributed by atoms with van der Waals surface area (Å²) in [6.45, 7) is 5.15. The molecule has 0 spiro atoms. The lowest BCUT2D eigenvalue weighted by Crippen LogP contribution is -2.48. The molecule has 0 aromatic heterocycles. The van der Waals surface area contributed by atoms with Crippen LogP contribution in [0.2, 0.25) is 0 Å². The van der Waals surface area contributed by atoms with Crippen molar-refractivity contribution < 1.29 is 9.53 Å². The minimum absolute atomic E-state index is 0.0407. The smallest absolute Gasteiger partial charge is 0.410 e. The number of carbonyl (C=O) groups is 1. The molecule has 0 bridgehead atoms. The Bertz CT molecular complexity index is 1100. The van der Waals surface area contributed by atoms with Crippen molar-refractivity contribution >= 4 is 11.8 Å². The summed E-state index contributed by atoms with van der Waals surface area (Å²) in [5, 5.41) is 2.53. The number of ether oxygens (including phenoxy) is 1. The zero-order valence-corrected chi connectivity index (χ0v) is 18.6. The highest BCUT2D eigenvalue weighted by atomic mass is 16.5. The molecule has 0 radical (unpaired) electrons. The van der Waals surface area contributed by atoms with Crippen molar-refractivity contribution in [2.24, 2.45) is 0 Å². The van der Waals surface area contributed by atoms with Crippen LogP contribution in [0.25, 0.3) is 0 Å². The largest absolute Gasteiger partial charge is 0.412 e. The minimum atomic E-state index is -0.442. The molecule has 1 saturated heterocycles. The van der Waals surface area contributed by atoms with Gasteiger partial charge in [0, 0.05) is 37.8 Å². The molecule has 1 N–H and O–H groups in total. The van der Waals surface area contributed by atoms with E-state index in [1.165, 1.54) is 22.4 Å². The van der Waals surface area contributed by atoms with Crippen molar-refractivity contribution in [1.29, 1.82) is 0 Å². The van der Waals surface area contributed by atoms with E-state index in [0.717, 1.165) is 26.1 Å². The van der Waals surface area contributed by atoms with E-state index in [2.05, 4.69) is 94.8 Å². The van der Waals surface area contributed by atoms with Crippen LogP contribution in [-0.2, 0) is 18.5 Å². The molecule has 5 heteroatoms. The molecule has 0 saturated carbocycles. The van der Waals surface area contributed by atoms with Gasteiger partial charge in [-0.3, -0.25) is 4.90 Å². The fourth-order valence-corrected chi connectivity index (χ4v) is 5.36. The number of anilines is 1. The van der Waals surface area contributed by atoms with Crippen molar-refractivity contribution in [2.75, 3.05) is 18.5 Å². The normalized spacial score (nSPS) is 21.8. The first kappa shape index (κ1) is 20.6. The minimum Gasteiger partial charge on any atom is -0.410 e. The molecule has 1 fully saturated rings. The Kier molecular flexibility index (Phi) is 5.35. The molecule has 1 amide bonds. The number of benzene rings is 3. The Hall–Kier alpha value is -3.31. The zero-order valence-electron chi connectivity index (χ0n) is 18.6. The van der Waals surface area contributed by atoms with Crippen molar-refractivity contribution in [1.82, 2.24) is 10.2 Å². The van der Waals surface area contributed by atoms with Crippen LogP contribution in [0.1, 0.15) is 30.0 Å². The SMILES string of the molecule is CNC(=O)Oc1ccc2c(c1)[C@]1(C)CCN(Cc3ccccc3)[C@@H]1N2Cc1ccccc1. The lowest BCUT2D eigenvalue weighted by molar-refractivity contribution is 0.202. The highest BCUT2D eigenvalue weighted by molar-refractivity contribution is 5.72.